The number of aryl methyl sites for hydroxylation is 1. The summed E-state index contributed by atoms with van der Waals surface area (Å²) < 4.78 is 2.60. The third-order valence-corrected chi connectivity index (χ3v) is 6.56. The van der Waals surface area contributed by atoms with Gasteiger partial charge in [0.25, 0.3) is 0 Å². The van der Waals surface area contributed by atoms with Crippen molar-refractivity contribution >= 4 is 11.8 Å². The first-order valence-corrected chi connectivity index (χ1v) is 9.48. The minimum atomic E-state index is -0.276. The summed E-state index contributed by atoms with van der Waals surface area (Å²) in [7, 11) is 0. The van der Waals surface area contributed by atoms with Crippen LogP contribution in [-0.2, 0) is 6.42 Å². The summed E-state index contributed by atoms with van der Waals surface area (Å²) in [5, 5.41) is 11.3. The molecule has 2 aliphatic rings. The molecule has 2 aliphatic carbocycles. The summed E-state index contributed by atoms with van der Waals surface area (Å²) in [6, 6.07) is 2.89. The van der Waals surface area contributed by atoms with Gasteiger partial charge < -0.3 is 9.67 Å². The lowest BCUT2D eigenvalue weighted by molar-refractivity contribution is 0.0975. The second-order valence-electron chi connectivity index (χ2n) is 7.61. The van der Waals surface area contributed by atoms with Gasteiger partial charge >= 0.3 is 0 Å². The molecule has 0 spiro atoms. The monoisotopic (exact) mass is 307 g/mol. The van der Waals surface area contributed by atoms with Crippen LogP contribution in [0.15, 0.2) is 6.07 Å². The van der Waals surface area contributed by atoms with Crippen molar-refractivity contribution in [3.05, 3.63) is 23.0 Å². The number of rotatable bonds is 3. The molecule has 1 saturated carbocycles. The summed E-state index contributed by atoms with van der Waals surface area (Å²) in [6.45, 7) is 9.08. The topological polar surface area (TPSA) is 25.2 Å². The second-order valence-corrected chi connectivity index (χ2v) is 9.13. The van der Waals surface area contributed by atoms with E-state index in [-0.39, 0.29) is 11.5 Å². The van der Waals surface area contributed by atoms with Crippen molar-refractivity contribution in [1.82, 2.24) is 4.57 Å². The molecule has 3 unspecified atom stereocenters. The zero-order chi connectivity index (χ0) is 15.2. The van der Waals surface area contributed by atoms with Crippen molar-refractivity contribution in [2.45, 2.75) is 77.2 Å². The molecule has 1 N–H and O–H groups in total. The van der Waals surface area contributed by atoms with Crippen molar-refractivity contribution in [2.24, 2.45) is 5.41 Å². The van der Waals surface area contributed by atoms with Crippen LogP contribution < -0.4 is 0 Å². The van der Waals surface area contributed by atoms with E-state index in [9.17, 15) is 5.11 Å². The summed E-state index contributed by atoms with van der Waals surface area (Å²) in [5.41, 5.74) is 4.19. The highest BCUT2D eigenvalue weighted by atomic mass is 32.2. The standard InChI is InChI=1S/C18H29NOS/c1-5-21-17-8-6-7-14(17)19-12(2)9-13-15(19)10-18(3,4)11-16(13)20/h9,14,16-17,20H,5-8,10-11H2,1-4H3. The fourth-order valence-electron chi connectivity index (χ4n) is 4.44. The van der Waals surface area contributed by atoms with Gasteiger partial charge in [0.2, 0.25) is 0 Å². The molecule has 1 aromatic rings. The smallest absolute Gasteiger partial charge is 0.0812 e. The van der Waals surface area contributed by atoms with Crippen LogP contribution in [0.2, 0.25) is 0 Å². The molecular formula is C18H29NOS. The SMILES string of the molecule is CCSC1CCCC1n1c(C)cc2c1CC(C)(C)CC2O. The Kier molecular flexibility index (Phi) is 4.17. The Labute approximate surface area is 133 Å². The minimum Gasteiger partial charge on any atom is -0.388 e. The number of aromatic nitrogens is 1. The van der Waals surface area contributed by atoms with E-state index < -0.39 is 0 Å². The maximum Gasteiger partial charge on any atom is 0.0812 e. The van der Waals surface area contributed by atoms with Gasteiger partial charge in [-0.2, -0.15) is 11.8 Å². The highest BCUT2D eigenvalue weighted by Gasteiger charge is 2.37. The minimum absolute atomic E-state index is 0.209. The number of hydrogen-bond donors (Lipinski definition) is 1. The van der Waals surface area contributed by atoms with Gasteiger partial charge in [0.05, 0.1) is 6.10 Å². The fourth-order valence-corrected chi connectivity index (χ4v) is 5.68. The number of aliphatic hydroxyl groups excluding tert-OH is 1. The molecule has 0 radical (unpaired) electrons. The molecule has 1 aromatic heterocycles. The molecule has 0 aliphatic heterocycles. The van der Waals surface area contributed by atoms with Crippen LogP contribution in [0.25, 0.3) is 0 Å². The Bertz CT molecular complexity index is 520. The molecule has 3 atom stereocenters. The van der Waals surface area contributed by atoms with Crippen molar-refractivity contribution in [1.29, 1.82) is 0 Å². The van der Waals surface area contributed by atoms with E-state index >= 15 is 0 Å². The van der Waals surface area contributed by atoms with Gasteiger partial charge in [0.15, 0.2) is 0 Å². The molecule has 0 aromatic carbocycles. The molecule has 1 fully saturated rings. The Morgan fingerprint density at radius 1 is 1.38 bits per heavy atom. The van der Waals surface area contributed by atoms with Crippen molar-refractivity contribution < 1.29 is 5.11 Å². The first kappa shape index (κ1) is 15.5. The molecule has 0 saturated heterocycles. The van der Waals surface area contributed by atoms with Crippen molar-refractivity contribution in [2.75, 3.05) is 5.75 Å². The Morgan fingerprint density at radius 3 is 2.86 bits per heavy atom. The van der Waals surface area contributed by atoms with Gasteiger partial charge in [-0.25, -0.2) is 0 Å². The first-order chi connectivity index (χ1) is 9.93. The van der Waals surface area contributed by atoms with Gasteiger partial charge in [-0.1, -0.05) is 27.2 Å². The lowest BCUT2D eigenvalue weighted by Gasteiger charge is -2.35. The predicted molar refractivity (Wildman–Crippen MR) is 91.0 cm³/mol. The number of nitrogens with zero attached hydrogens (tertiary/aromatic N) is 1. The first-order valence-electron chi connectivity index (χ1n) is 8.43. The zero-order valence-corrected chi connectivity index (χ0v) is 14.7. The van der Waals surface area contributed by atoms with Gasteiger partial charge in [0.1, 0.15) is 0 Å². The lowest BCUT2D eigenvalue weighted by atomic mass is 9.75. The quantitative estimate of drug-likeness (QED) is 0.879. The van der Waals surface area contributed by atoms with E-state index in [1.165, 1.54) is 42.0 Å². The average molecular weight is 308 g/mol. The van der Waals surface area contributed by atoms with Gasteiger partial charge in [-0.3, -0.25) is 0 Å². The van der Waals surface area contributed by atoms with E-state index in [4.69, 9.17) is 0 Å². The van der Waals surface area contributed by atoms with E-state index in [2.05, 4.69) is 50.1 Å². The van der Waals surface area contributed by atoms with Crippen LogP contribution >= 0.6 is 11.8 Å². The normalized spacial score (nSPS) is 31.4. The highest BCUT2D eigenvalue weighted by Crippen LogP contribution is 2.46. The number of hydrogen-bond acceptors (Lipinski definition) is 2. The molecular weight excluding hydrogens is 278 g/mol. The Hall–Kier alpha value is -0.410. The van der Waals surface area contributed by atoms with Crippen LogP contribution in [0.3, 0.4) is 0 Å². The van der Waals surface area contributed by atoms with Crippen LogP contribution in [0.4, 0.5) is 0 Å². The van der Waals surface area contributed by atoms with Crippen LogP contribution in [0.1, 0.15) is 75.6 Å². The van der Waals surface area contributed by atoms with E-state index in [0.29, 0.717) is 6.04 Å². The summed E-state index contributed by atoms with van der Waals surface area (Å²) in [4.78, 5) is 0. The summed E-state index contributed by atoms with van der Waals surface area (Å²) in [5.74, 6) is 1.21. The van der Waals surface area contributed by atoms with Crippen molar-refractivity contribution in [3.63, 3.8) is 0 Å². The molecule has 21 heavy (non-hydrogen) atoms. The van der Waals surface area contributed by atoms with Gasteiger partial charge in [-0.05, 0) is 49.8 Å². The predicted octanol–water partition coefficient (Wildman–Crippen LogP) is 4.65. The average Bonchev–Trinajstić information content (AvgIpc) is 2.93. The molecule has 0 amide bonds. The highest BCUT2D eigenvalue weighted by molar-refractivity contribution is 7.99. The molecule has 118 valence electrons. The molecule has 1 heterocycles. The summed E-state index contributed by atoms with van der Waals surface area (Å²) in [6.07, 6.45) is 5.72. The second kappa shape index (κ2) is 5.66. The number of fused-ring (bicyclic) bond motifs is 1. The Morgan fingerprint density at radius 2 is 2.14 bits per heavy atom. The van der Waals surface area contributed by atoms with Crippen LogP contribution in [0.5, 0.6) is 0 Å². The molecule has 0 bridgehead atoms. The summed E-state index contributed by atoms with van der Waals surface area (Å²) >= 11 is 2.12. The number of aliphatic hydroxyl groups is 1. The third-order valence-electron chi connectivity index (χ3n) is 5.25. The molecule has 3 rings (SSSR count). The van der Waals surface area contributed by atoms with Gasteiger partial charge in [0, 0.05) is 28.2 Å². The lowest BCUT2D eigenvalue weighted by Crippen LogP contribution is -2.29. The molecule has 3 heteroatoms. The largest absolute Gasteiger partial charge is 0.388 e. The third kappa shape index (κ3) is 2.79. The van der Waals surface area contributed by atoms with Crippen LogP contribution in [-0.4, -0.2) is 20.7 Å². The van der Waals surface area contributed by atoms with Crippen LogP contribution in [0, 0.1) is 12.3 Å². The van der Waals surface area contributed by atoms with E-state index in [1.807, 2.05) is 0 Å². The maximum atomic E-state index is 10.5. The molecule has 2 nitrogen and oxygen atoms in total. The zero-order valence-electron chi connectivity index (χ0n) is 13.9. The van der Waals surface area contributed by atoms with Gasteiger partial charge in [-0.15, -0.1) is 0 Å². The van der Waals surface area contributed by atoms with E-state index in [1.54, 1.807) is 0 Å². The maximum absolute atomic E-state index is 10.5. The Balaban J connectivity index is 2.00. The van der Waals surface area contributed by atoms with Crippen molar-refractivity contribution in [3.8, 4) is 0 Å². The fraction of sp³-hybridized carbons (Fsp3) is 0.778. The van der Waals surface area contributed by atoms with E-state index in [0.717, 1.165) is 18.1 Å². The number of thioether (sulfide) groups is 1.